The van der Waals surface area contributed by atoms with Crippen LogP contribution in [0.5, 0.6) is 0 Å². The average molecular weight is 492 g/mol. The second-order valence-corrected chi connectivity index (χ2v) is 9.06. The molecule has 4 aromatic rings. The number of nitrogens with one attached hydrogen (secondary N) is 1. The molecule has 1 aromatic heterocycles. The van der Waals surface area contributed by atoms with Crippen molar-refractivity contribution in [1.82, 2.24) is 9.78 Å². The lowest BCUT2D eigenvalue weighted by Gasteiger charge is -2.18. The van der Waals surface area contributed by atoms with Crippen molar-refractivity contribution < 1.29 is 23.9 Å². The van der Waals surface area contributed by atoms with E-state index in [2.05, 4.69) is 10.4 Å². The van der Waals surface area contributed by atoms with Gasteiger partial charge in [-0.05, 0) is 49.2 Å². The van der Waals surface area contributed by atoms with Gasteiger partial charge in [0.1, 0.15) is 0 Å². The molecule has 0 atom stereocenters. The fourth-order valence-corrected chi connectivity index (χ4v) is 4.47. The Hall–Kier alpha value is -4.85. The molecule has 0 unspecified atom stereocenters. The van der Waals surface area contributed by atoms with Crippen LogP contribution < -0.4 is 5.32 Å². The van der Waals surface area contributed by atoms with Gasteiger partial charge in [0.2, 0.25) is 0 Å². The molecule has 2 aliphatic carbocycles. The Labute approximate surface area is 211 Å². The van der Waals surface area contributed by atoms with Crippen molar-refractivity contribution in [3.05, 3.63) is 113 Å². The zero-order valence-electron chi connectivity index (χ0n) is 19.6. The Morgan fingerprint density at radius 1 is 0.838 bits per heavy atom. The normalized spacial score (nSPS) is 14.1. The maximum atomic E-state index is 12.9. The molecular weight excluding hydrogens is 470 g/mol. The lowest BCUT2D eigenvalue weighted by atomic mass is 9.84. The van der Waals surface area contributed by atoms with Crippen molar-refractivity contribution in [2.45, 2.75) is 18.8 Å². The van der Waals surface area contributed by atoms with Crippen LogP contribution in [0.2, 0.25) is 0 Å². The molecule has 0 radical (unpaired) electrons. The van der Waals surface area contributed by atoms with Crippen LogP contribution in [0, 0.1) is 0 Å². The van der Waals surface area contributed by atoms with Gasteiger partial charge < -0.3 is 10.1 Å². The number of esters is 1. The summed E-state index contributed by atoms with van der Waals surface area (Å²) in [5.41, 5.74) is 3.33. The number of carbonyl (C=O) groups excluding carboxylic acids is 4. The molecular formula is C29H21N3O5. The Bertz CT molecular complexity index is 1580. The number of amides is 1. The van der Waals surface area contributed by atoms with Crippen LogP contribution in [0.3, 0.4) is 0 Å². The molecule has 2 aliphatic rings. The van der Waals surface area contributed by atoms with E-state index in [-0.39, 0.29) is 28.4 Å². The van der Waals surface area contributed by atoms with Gasteiger partial charge in [-0.1, -0.05) is 42.5 Å². The van der Waals surface area contributed by atoms with Crippen LogP contribution in [0.25, 0.3) is 5.69 Å². The number of ether oxygens (including phenoxy) is 1. The van der Waals surface area contributed by atoms with Crippen molar-refractivity contribution in [1.29, 1.82) is 0 Å². The monoisotopic (exact) mass is 491 g/mol. The number of fused-ring (bicyclic) bond motifs is 2. The van der Waals surface area contributed by atoms with E-state index in [1.807, 2.05) is 30.3 Å². The second kappa shape index (κ2) is 8.98. The minimum absolute atomic E-state index is 0.220. The number of aromatic nitrogens is 2. The fourth-order valence-electron chi connectivity index (χ4n) is 4.47. The Morgan fingerprint density at radius 3 is 2.19 bits per heavy atom. The van der Waals surface area contributed by atoms with E-state index < -0.39 is 18.5 Å². The second-order valence-electron chi connectivity index (χ2n) is 9.06. The van der Waals surface area contributed by atoms with Crippen LogP contribution in [0.4, 0.5) is 5.69 Å². The smallest absolute Gasteiger partial charge is 0.357 e. The molecule has 37 heavy (non-hydrogen) atoms. The summed E-state index contributed by atoms with van der Waals surface area (Å²) in [6.07, 6.45) is 2.06. The van der Waals surface area contributed by atoms with E-state index in [4.69, 9.17) is 4.74 Å². The predicted molar refractivity (Wildman–Crippen MR) is 134 cm³/mol. The molecule has 1 N–H and O–H groups in total. The summed E-state index contributed by atoms with van der Waals surface area (Å²) in [4.78, 5) is 51.2. The van der Waals surface area contributed by atoms with Gasteiger partial charge in [0.15, 0.2) is 23.9 Å². The molecule has 3 aromatic carbocycles. The van der Waals surface area contributed by atoms with Crippen LogP contribution in [-0.4, -0.2) is 39.8 Å². The minimum atomic E-state index is -0.666. The van der Waals surface area contributed by atoms with Gasteiger partial charge in [0, 0.05) is 33.9 Å². The van der Waals surface area contributed by atoms with Gasteiger partial charge in [0.25, 0.3) is 5.91 Å². The number of anilines is 1. The lowest BCUT2D eigenvalue weighted by Crippen LogP contribution is -2.23. The highest BCUT2D eigenvalue weighted by atomic mass is 16.5. The third-order valence-corrected chi connectivity index (χ3v) is 6.48. The maximum absolute atomic E-state index is 12.9. The average Bonchev–Trinajstić information content (AvgIpc) is 3.69. The highest BCUT2D eigenvalue weighted by Crippen LogP contribution is 2.39. The van der Waals surface area contributed by atoms with Gasteiger partial charge in [-0.25, -0.2) is 9.48 Å². The highest BCUT2D eigenvalue weighted by Gasteiger charge is 2.31. The number of para-hydroxylation sites is 1. The molecule has 0 saturated heterocycles. The highest BCUT2D eigenvalue weighted by molar-refractivity contribution is 6.28. The van der Waals surface area contributed by atoms with Crippen molar-refractivity contribution in [2.75, 3.05) is 11.9 Å². The molecule has 8 nitrogen and oxygen atoms in total. The molecule has 1 saturated carbocycles. The quantitative estimate of drug-likeness (QED) is 0.355. The largest absolute Gasteiger partial charge is 0.451 e. The molecule has 0 aliphatic heterocycles. The van der Waals surface area contributed by atoms with Crippen molar-refractivity contribution in [3.8, 4) is 5.69 Å². The molecule has 6 rings (SSSR count). The van der Waals surface area contributed by atoms with E-state index >= 15 is 0 Å². The summed E-state index contributed by atoms with van der Waals surface area (Å²) >= 11 is 0. The Kier molecular flexibility index (Phi) is 5.49. The standard InChI is InChI=1S/C29H21N3O5/c33-26(30-18-12-13-22-23(14-18)28(35)21-9-5-4-8-20(21)27(22)34)16-37-29(36)25-15-24(17-10-11-17)31-32(25)19-6-2-1-3-7-19/h1-9,12-15,17H,10-11,16H2,(H,30,33). The maximum Gasteiger partial charge on any atom is 0.357 e. The number of carbonyl (C=O) groups is 4. The first-order chi connectivity index (χ1) is 18.0. The van der Waals surface area contributed by atoms with Crippen LogP contribution in [-0.2, 0) is 9.53 Å². The van der Waals surface area contributed by atoms with Crippen molar-refractivity contribution in [2.24, 2.45) is 0 Å². The number of ketones is 2. The molecule has 0 bridgehead atoms. The summed E-state index contributed by atoms with van der Waals surface area (Å²) in [7, 11) is 0. The van der Waals surface area contributed by atoms with Crippen LogP contribution in [0.15, 0.2) is 78.9 Å². The summed E-state index contributed by atoms with van der Waals surface area (Å²) < 4.78 is 6.84. The number of benzene rings is 3. The van der Waals surface area contributed by atoms with E-state index in [9.17, 15) is 19.2 Å². The van der Waals surface area contributed by atoms with E-state index in [0.29, 0.717) is 22.7 Å². The first kappa shape index (κ1) is 22.6. The summed E-state index contributed by atoms with van der Waals surface area (Å²) in [6.45, 7) is -0.523. The van der Waals surface area contributed by atoms with Gasteiger partial charge in [-0.2, -0.15) is 5.10 Å². The molecule has 1 amide bonds. The number of rotatable bonds is 6. The fraction of sp³-hybridized carbons (Fsp3) is 0.138. The van der Waals surface area contributed by atoms with Gasteiger partial charge in [-0.3, -0.25) is 14.4 Å². The van der Waals surface area contributed by atoms with Crippen LogP contribution in [0.1, 0.15) is 66.8 Å². The molecule has 1 fully saturated rings. The molecule has 182 valence electrons. The third kappa shape index (κ3) is 4.23. The third-order valence-electron chi connectivity index (χ3n) is 6.48. The molecule has 1 heterocycles. The van der Waals surface area contributed by atoms with E-state index in [1.165, 1.54) is 16.8 Å². The van der Waals surface area contributed by atoms with Gasteiger partial charge in [0.05, 0.1) is 11.4 Å². The number of hydrogen-bond donors (Lipinski definition) is 1. The summed E-state index contributed by atoms with van der Waals surface area (Å²) in [5.74, 6) is -1.42. The lowest BCUT2D eigenvalue weighted by molar-refractivity contribution is -0.119. The van der Waals surface area contributed by atoms with Gasteiger partial charge in [-0.15, -0.1) is 0 Å². The molecule has 8 heteroatoms. The van der Waals surface area contributed by atoms with E-state index in [0.717, 1.165) is 24.2 Å². The zero-order valence-corrected chi connectivity index (χ0v) is 19.6. The Morgan fingerprint density at radius 2 is 1.49 bits per heavy atom. The SMILES string of the molecule is O=C(COC(=O)c1cc(C2CC2)nn1-c1ccccc1)Nc1ccc2c(c1)C(=O)c1ccccc1C2=O. The summed E-state index contributed by atoms with van der Waals surface area (Å²) in [6, 6.07) is 22.2. The number of nitrogens with zero attached hydrogens (tertiary/aromatic N) is 2. The summed E-state index contributed by atoms with van der Waals surface area (Å²) in [5, 5.41) is 7.22. The first-order valence-corrected chi connectivity index (χ1v) is 11.9. The Balaban J connectivity index is 1.16. The van der Waals surface area contributed by atoms with Gasteiger partial charge >= 0.3 is 5.97 Å². The minimum Gasteiger partial charge on any atom is -0.451 e. The molecule has 0 spiro atoms. The van der Waals surface area contributed by atoms with Crippen molar-refractivity contribution in [3.63, 3.8) is 0 Å². The topological polar surface area (TPSA) is 107 Å². The van der Waals surface area contributed by atoms with E-state index in [1.54, 1.807) is 36.4 Å². The predicted octanol–water partition coefficient (Wildman–Crippen LogP) is 4.32. The van der Waals surface area contributed by atoms with Crippen molar-refractivity contribution >= 4 is 29.1 Å². The first-order valence-electron chi connectivity index (χ1n) is 11.9. The zero-order chi connectivity index (χ0) is 25.5. The van der Waals surface area contributed by atoms with Crippen LogP contribution >= 0.6 is 0 Å². The number of hydrogen-bond acceptors (Lipinski definition) is 6.